The van der Waals surface area contributed by atoms with Crippen LogP contribution in [0.3, 0.4) is 0 Å². The van der Waals surface area contributed by atoms with Gasteiger partial charge in [-0.1, -0.05) is 18.2 Å². The molecule has 4 nitrogen and oxygen atoms in total. The van der Waals surface area contributed by atoms with Crippen molar-refractivity contribution >= 4 is 11.6 Å². The third-order valence-corrected chi connectivity index (χ3v) is 4.21. The van der Waals surface area contributed by atoms with E-state index in [1.54, 1.807) is 6.07 Å². The molecular formula is C19H20F2N2O2. The summed E-state index contributed by atoms with van der Waals surface area (Å²) in [5.74, 6) is -1.82. The Labute approximate surface area is 145 Å². The second-order valence-corrected chi connectivity index (χ2v) is 6.12. The Balaban J connectivity index is 1.61. The number of nitrogens with one attached hydrogen (secondary N) is 2. The van der Waals surface area contributed by atoms with E-state index < -0.39 is 11.6 Å². The second kappa shape index (κ2) is 7.72. The maximum absolute atomic E-state index is 13.5. The Hall–Kier alpha value is -2.31. The van der Waals surface area contributed by atoms with Crippen molar-refractivity contribution < 1.29 is 18.3 Å². The predicted molar refractivity (Wildman–Crippen MR) is 91.0 cm³/mol. The van der Waals surface area contributed by atoms with E-state index in [2.05, 4.69) is 10.6 Å². The summed E-state index contributed by atoms with van der Waals surface area (Å²) in [6.45, 7) is 2.66. The lowest BCUT2D eigenvalue weighted by atomic mass is 10.0. The molecule has 0 unspecified atom stereocenters. The topological polar surface area (TPSA) is 50.4 Å². The number of benzene rings is 2. The van der Waals surface area contributed by atoms with Crippen LogP contribution >= 0.6 is 0 Å². The zero-order valence-corrected chi connectivity index (χ0v) is 13.9. The summed E-state index contributed by atoms with van der Waals surface area (Å²) in [4.78, 5) is 11.0. The Kier molecular flexibility index (Phi) is 5.40. The van der Waals surface area contributed by atoms with Crippen molar-refractivity contribution in [1.29, 1.82) is 0 Å². The smallest absolute Gasteiger partial charge is 0.221 e. The monoisotopic (exact) mass is 346 g/mol. The van der Waals surface area contributed by atoms with Gasteiger partial charge in [-0.25, -0.2) is 8.78 Å². The highest BCUT2D eigenvalue weighted by molar-refractivity contribution is 5.88. The molecule has 1 heterocycles. The molecule has 1 aliphatic rings. The van der Waals surface area contributed by atoms with Gasteiger partial charge in [-0.3, -0.25) is 4.79 Å². The lowest BCUT2D eigenvalue weighted by Gasteiger charge is -2.20. The molecule has 1 fully saturated rings. The highest BCUT2D eigenvalue weighted by atomic mass is 19.2. The number of amides is 1. The summed E-state index contributed by atoms with van der Waals surface area (Å²) >= 11 is 0. The lowest BCUT2D eigenvalue weighted by molar-refractivity contribution is -0.114. The normalized spacial score (nSPS) is 19.8. The fourth-order valence-corrected chi connectivity index (χ4v) is 2.97. The van der Waals surface area contributed by atoms with Gasteiger partial charge >= 0.3 is 0 Å². The summed E-state index contributed by atoms with van der Waals surface area (Å²) in [6, 6.07) is 11.5. The van der Waals surface area contributed by atoms with Crippen LogP contribution in [-0.2, 0) is 16.1 Å². The van der Waals surface area contributed by atoms with Gasteiger partial charge in [0.25, 0.3) is 0 Å². The van der Waals surface area contributed by atoms with Gasteiger partial charge in [0.2, 0.25) is 5.91 Å². The molecular weight excluding hydrogens is 326 g/mol. The highest BCUT2D eigenvalue weighted by Gasteiger charge is 2.29. The van der Waals surface area contributed by atoms with Crippen molar-refractivity contribution in [2.24, 2.45) is 0 Å². The van der Waals surface area contributed by atoms with E-state index in [9.17, 15) is 13.6 Å². The van der Waals surface area contributed by atoms with Crippen LogP contribution in [0.15, 0.2) is 42.5 Å². The number of hydrogen-bond donors (Lipinski definition) is 2. The molecule has 0 aliphatic carbocycles. The Bertz CT molecular complexity index is 750. The minimum absolute atomic E-state index is 0.0277. The van der Waals surface area contributed by atoms with Crippen LogP contribution in [0.2, 0.25) is 0 Å². The zero-order chi connectivity index (χ0) is 17.8. The summed E-state index contributed by atoms with van der Waals surface area (Å²) in [5.41, 5.74) is 2.44. The second-order valence-electron chi connectivity index (χ2n) is 6.12. The fraction of sp³-hybridized carbons (Fsp3) is 0.316. The number of carbonyl (C=O) groups is 1. The van der Waals surface area contributed by atoms with Gasteiger partial charge in [0, 0.05) is 31.8 Å². The molecule has 0 aromatic heterocycles. The van der Waals surface area contributed by atoms with E-state index in [4.69, 9.17) is 4.74 Å². The minimum atomic E-state index is -0.861. The third-order valence-electron chi connectivity index (χ3n) is 4.21. The molecule has 1 amide bonds. The molecule has 0 bridgehead atoms. The summed E-state index contributed by atoms with van der Waals surface area (Å²) in [6.07, 6.45) is 0.502. The first-order valence-electron chi connectivity index (χ1n) is 8.19. The van der Waals surface area contributed by atoms with Crippen molar-refractivity contribution in [3.05, 3.63) is 65.2 Å². The number of anilines is 1. The van der Waals surface area contributed by atoms with Crippen LogP contribution in [0, 0.1) is 11.6 Å². The van der Waals surface area contributed by atoms with E-state index in [-0.39, 0.29) is 18.1 Å². The van der Waals surface area contributed by atoms with Crippen molar-refractivity contribution in [1.82, 2.24) is 5.32 Å². The summed E-state index contributed by atoms with van der Waals surface area (Å²) in [5, 5.41) is 6.13. The van der Waals surface area contributed by atoms with Gasteiger partial charge in [0.15, 0.2) is 11.6 Å². The largest absolute Gasteiger partial charge is 0.372 e. The molecule has 2 atom stereocenters. The van der Waals surface area contributed by atoms with Crippen molar-refractivity contribution in [2.75, 3.05) is 11.9 Å². The van der Waals surface area contributed by atoms with Crippen molar-refractivity contribution in [3.8, 4) is 0 Å². The van der Waals surface area contributed by atoms with E-state index >= 15 is 0 Å². The maximum Gasteiger partial charge on any atom is 0.221 e. The minimum Gasteiger partial charge on any atom is -0.372 e. The first-order chi connectivity index (χ1) is 12.0. The molecule has 0 spiro atoms. The molecule has 1 aliphatic heterocycles. The molecule has 0 radical (unpaired) electrons. The SMILES string of the molecule is CC(=O)Nc1ccc(CN[C@@H]2CCO[C@H]2c2ccc(F)c(F)c2)cc1. The number of carbonyl (C=O) groups excluding carboxylic acids is 1. The van der Waals surface area contributed by atoms with Crippen LogP contribution in [-0.4, -0.2) is 18.6 Å². The maximum atomic E-state index is 13.5. The third kappa shape index (κ3) is 4.41. The molecule has 1 saturated heterocycles. The molecule has 2 aromatic carbocycles. The average molecular weight is 346 g/mol. The Morgan fingerprint density at radius 1 is 1.16 bits per heavy atom. The van der Waals surface area contributed by atoms with Gasteiger partial charge in [-0.05, 0) is 41.8 Å². The van der Waals surface area contributed by atoms with Crippen LogP contribution in [0.5, 0.6) is 0 Å². The van der Waals surface area contributed by atoms with Crippen LogP contribution < -0.4 is 10.6 Å². The van der Waals surface area contributed by atoms with Crippen molar-refractivity contribution in [3.63, 3.8) is 0 Å². The molecule has 2 aromatic rings. The van der Waals surface area contributed by atoms with Crippen molar-refractivity contribution in [2.45, 2.75) is 32.0 Å². The van der Waals surface area contributed by atoms with Crippen LogP contribution in [0.25, 0.3) is 0 Å². The zero-order valence-electron chi connectivity index (χ0n) is 13.9. The molecule has 3 rings (SSSR count). The Morgan fingerprint density at radius 2 is 1.92 bits per heavy atom. The first kappa shape index (κ1) is 17.5. The highest BCUT2D eigenvalue weighted by Crippen LogP contribution is 2.30. The quantitative estimate of drug-likeness (QED) is 0.871. The van der Waals surface area contributed by atoms with Crippen LogP contribution in [0.1, 0.15) is 30.6 Å². The molecule has 0 saturated carbocycles. The first-order valence-corrected chi connectivity index (χ1v) is 8.19. The average Bonchev–Trinajstić information content (AvgIpc) is 3.05. The predicted octanol–water partition coefficient (Wildman–Crippen LogP) is 3.54. The summed E-state index contributed by atoms with van der Waals surface area (Å²) < 4.78 is 32.3. The lowest BCUT2D eigenvalue weighted by Crippen LogP contribution is -2.31. The van der Waals surface area contributed by atoms with Gasteiger partial charge in [0.1, 0.15) is 0 Å². The number of hydrogen-bond acceptors (Lipinski definition) is 3. The molecule has 6 heteroatoms. The van der Waals surface area contributed by atoms with Gasteiger partial charge in [0.05, 0.1) is 6.10 Å². The van der Waals surface area contributed by atoms with E-state index in [1.807, 2.05) is 24.3 Å². The Morgan fingerprint density at radius 3 is 2.60 bits per heavy atom. The fourth-order valence-electron chi connectivity index (χ4n) is 2.97. The number of halogens is 2. The van der Waals surface area contributed by atoms with Crippen LogP contribution in [0.4, 0.5) is 14.5 Å². The molecule has 2 N–H and O–H groups in total. The molecule has 25 heavy (non-hydrogen) atoms. The van der Waals surface area contributed by atoms with Gasteiger partial charge in [-0.15, -0.1) is 0 Å². The van der Waals surface area contributed by atoms with E-state index in [1.165, 1.54) is 13.0 Å². The van der Waals surface area contributed by atoms with Gasteiger partial charge in [-0.2, -0.15) is 0 Å². The summed E-state index contributed by atoms with van der Waals surface area (Å²) in [7, 11) is 0. The van der Waals surface area contributed by atoms with Gasteiger partial charge < -0.3 is 15.4 Å². The number of ether oxygens (including phenoxy) is 1. The van der Waals surface area contributed by atoms with E-state index in [0.717, 1.165) is 23.7 Å². The number of rotatable bonds is 5. The van der Waals surface area contributed by atoms with E-state index in [0.29, 0.717) is 18.7 Å². The standard InChI is InChI=1S/C19H20F2N2O2/c1-12(24)23-15-5-2-13(3-6-15)11-22-18-8-9-25-19(18)14-4-7-16(20)17(21)10-14/h2-7,10,18-19,22H,8-9,11H2,1H3,(H,23,24)/t18-,19+/m1/s1. The molecule has 132 valence electrons.